The summed E-state index contributed by atoms with van der Waals surface area (Å²) in [5.41, 5.74) is 4.80. The molecule has 722 valence electrons. The molecular weight excluding hydrogens is 1830 g/mol. The quantitative estimate of drug-likeness (QED) is 0.0549. The Kier molecular flexibility index (Phi) is 46.0. The van der Waals surface area contributed by atoms with Crippen molar-refractivity contribution in [3.05, 3.63) is 137 Å². The molecule has 0 spiro atoms. The zero-order valence-electron chi connectivity index (χ0n) is 80.6. The number of methoxy groups -OCH3 is 5. The van der Waals surface area contributed by atoms with Crippen LogP contribution in [0.3, 0.4) is 0 Å². The minimum absolute atomic E-state index is 0. The Balaban J connectivity index is 0.000000336. The predicted octanol–water partition coefficient (Wildman–Crippen LogP) is 5.97. The second-order valence-corrected chi connectivity index (χ2v) is 49.1. The van der Waals surface area contributed by atoms with Crippen molar-refractivity contribution in [2.45, 2.75) is 306 Å². The average Bonchev–Trinajstić information content (AvgIpc) is 1.56. The van der Waals surface area contributed by atoms with Crippen molar-refractivity contribution in [1.29, 1.82) is 0 Å². The zero-order valence-corrected chi connectivity index (χ0v) is 87.9. The van der Waals surface area contributed by atoms with E-state index in [0.717, 1.165) is 62.5 Å². The van der Waals surface area contributed by atoms with Crippen molar-refractivity contribution in [2.24, 2.45) is 0 Å². The molecule has 1 aliphatic carbocycles. The van der Waals surface area contributed by atoms with Crippen LogP contribution in [0, 0.1) is 6.92 Å². The molecule has 9 aliphatic heterocycles. The zero-order chi connectivity index (χ0) is 96.5. The Morgan fingerprint density at radius 2 is 0.841 bits per heavy atom. The number of carbonyl (C=O) groups excluding carboxylic acids is 8. The van der Waals surface area contributed by atoms with Crippen LogP contribution in [-0.2, 0) is 134 Å². The van der Waals surface area contributed by atoms with E-state index in [4.69, 9.17) is 92.2 Å². The number of hydrogen-bond acceptors (Lipinski definition) is 36. The smallest absolute Gasteiger partial charge is 0.870 e. The van der Waals surface area contributed by atoms with E-state index in [9.17, 15) is 53.7 Å². The molecule has 0 saturated carbocycles. The summed E-state index contributed by atoms with van der Waals surface area (Å²) in [6, 6.07) is 21.7. The first kappa shape index (κ1) is 118. The molecule has 5 saturated heterocycles. The third-order valence-corrected chi connectivity index (χ3v) is 36.7. The fraction of sp³-hybridized carbons (Fsp3) is 0.576. The van der Waals surface area contributed by atoms with Gasteiger partial charge in [0.1, 0.15) is 57.9 Å². The largest absolute Gasteiger partial charge is 1.00 e. The molecule has 14 rings (SSSR count). The number of ketones is 1. The Bertz CT molecular complexity index is 4650. The molecule has 0 aromatic heterocycles. The van der Waals surface area contributed by atoms with Crippen LogP contribution in [-0.4, -0.2) is 253 Å². The molecule has 4 aromatic carbocycles. The van der Waals surface area contributed by atoms with Gasteiger partial charge in [0, 0.05) is 41.1 Å². The third-order valence-electron chi connectivity index (χ3n) is 22.0. The number of allylic oxidation sites excluding steroid dienone is 3. The Labute approximate surface area is 828 Å². The maximum absolute atomic E-state index is 11.7. The minimum atomic E-state index is -2.62. The molecule has 40 heteroatoms. The van der Waals surface area contributed by atoms with Crippen LogP contribution in [0.1, 0.15) is 159 Å². The fourth-order valence-electron chi connectivity index (χ4n) is 16.1. The molecule has 9 heterocycles. The van der Waals surface area contributed by atoms with Crippen molar-refractivity contribution >= 4 is 117 Å². The van der Waals surface area contributed by atoms with Gasteiger partial charge in [-0.25, -0.2) is 0 Å². The molecule has 4 aromatic rings. The number of aromatic hydroxyl groups is 1. The molecule has 5 fully saturated rings. The predicted molar refractivity (Wildman–Crippen MR) is 489 cm³/mol. The van der Waals surface area contributed by atoms with Crippen LogP contribution in [0.5, 0.6) is 23.0 Å². The number of aliphatic hydroxyl groups is 3. The molecule has 10 aliphatic rings. The molecule has 18 atom stereocenters. The number of aryl methyl sites for hydroxylation is 1. The molecule has 0 amide bonds. The Morgan fingerprint density at radius 3 is 1.26 bits per heavy atom. The van der Waals surface area contributed by atoms with Crippen molar-refractivity contribution in [2.75, 3.05) is 49.8 Å². The van der Waals surface area contributed by atoms with Crippen LogP contribution >= 0.6 is 47.5 Å². The summed E-state index contributed by atoms with van der Waals surface area (Å²) in [7, 11) is 3.56. The van der Waals surface area contributed by atoms with Crippen LogP contribution in [0.25, 0.3) is 0 Å². The van der Waals surface area contributed by atoms with Gasteiger partial charge in [-0.05, 0) is 129 Å². The summed E-state index contributed by atoms with van der Waals surface area (Å²) in [5.74, 6) is -0.412. The van der Waals surface area contributed by atoms with Crippen molar-refractivity contribution in [3.63, 3.8) is 0 Å². The number of ether oxygens (including phenoxy) is 14. The van der Waals surface area contributed by atoms with Gasteiger partial charge in [0.05, 0.1) is 135 Å². The summed E-state index contributed by atoms with van der Waals surface area (Å²) in [6.45, 7) is 38.7. The minimum Gasteiger partial charge on any atom is -0.870 e. The number of benzene rings is 4. The van der Waals surface area contributed by atoms with Crippen molar-refractivity contribution < 1.29 is 202 Å². The number of phenolic OH excluding ortho intramolecular Hbond substituents is 1. The molecule has 0 radical (unpaired) electrons. The van der Waals surface area contributed by atoms with E-state index in [-0.39, 0.29) is 194 Å². The monoisotopic (exact) mass is 1960 g/mol. The summed E-state index contributed by atoms with van der Waals surface area (Å²) < 4.78 is 102. The van der Waals surface area contributed by atoms with Crippen molar-refractivity contribution in [1.82, 2.24) is 0 Å². The van der Waals surface area contributed by atoms with E-state index in [0.29, 0.717) is 17.1 Å². The number of thioether (sulfide) groups is 3. The number of aliphatic hydroxyl groups excluding tert-OH is 3. The normalized spacial score (nSPS) is 26.4. The number of esters is 7. The van der Waals surface area contributed by atoms with E-state index in [2.05, 4.69) is 111 Å². The molecule has 5 N–H and O–H groups in total. The van der Waals surface area contributed by atoms with Gasteiger partial charge in [-0.1, -0.05) is 132 Å². The molecule has 15 unspecified atom stereocenters. The van der Waals surface area contributed by atoms with E-state index in [1.165, 1.54) is 85.1 Å². The average molecular weight is 1960 g/mol. The van der Waals surface area contributed by atoms with Crippen LogP contribution in [0.15, 0.2) is 124 Å². The number of fused-ring (bicyclic) bond motifs is 9. The number of carbonyl (C=O) groups is 8. The second kappa shape index (κ2) is 51.4. The van der Waals surface area contributed by atoms with Crippen LogP contribution < -0.4 is 67.7 Å². The van der Waals surface area contributed by atoms with Gasteiger partial charge in [-0.15, -0.1) is 35.3 Å². The maximum Gasteiger partial charge on any atom is 1.00 e. The number of hydrogen-bond donors (Lipinski definition) is 4. The SMILES string of the molecule is CO.COC(=O)CC1=CC(=S)C(=O)C=C1.COC(=O)Cc1ccc(O)c(C)c1.COC(=O)Cc1ccc2c(c1)SC1C(O2)OC(C)C(O)C1O.COC(=O)Cc1ccc2c(c1)SC1C(O2)OC(C)C(OC(C)=O)C1OC(C)=O.COC(=O)Cc1ccc2c(c1)SC1C(O2)OC(C)C2O[Si](C(C)(C)C)(C(C)(C)C)OC21.C[C@@H]1OC=C[C@@H]2O[Si](C(C)(C)C)(C(C)(C)C)O[C@H]12.C[O-].[Li+].[Na+].[OH-]. The van der Waals surface area contributed by atoms with Crippen molar-refractivity contribution in [3.8, 4) is 23.0 Å². The van der Waals surface area contributed by atoms with Gasteiger partial charge in [0.2, 0.25) is 18.9 Å². The van der Waals surface area contributed by atoms with Gasteiger partial charge >= 0.3 is 107 Å². The Morgan fingerprint density at radius 1 is 0.477 bits per heavy atom. The van der Waals surface area contributed by atoms with Crippen LogP contribution in [0.4, 0.5) is 0 Å². The number of rotatable bonds is 12. The summed E-state index contributed by atoms with van der Waals surface area (Å²) >= 11 is 9.26. The van der Waals surface area contributed by atoms with Gasteiger partial charge in [-0.2, -0.15) is 7.11 Å². The fourth-order valence-corrected chi connectivity index (χ4v) is 30.4. The molecule has 0 bridgehead atoms. The Hall–Kier alpha value is -6.25. The van der Waals surface area contributed by atoms with Gasteiger partial charge in [-0.3, -0.25) is 38.4 Å². The van der Waals surface area contributed by atoms with E-state index in [1.807, 2.05) is 36.4 Å². The third kappa shape index (κ3) is 29.7. The summed E-state index contributed by atoms with van der Waals surface area (Å²) in [6.07, 6.45) is 2.93. The van der Waals surface area contributed by atoms with Gasteiger partial charge < -0.3 is 115 Å². The van der Waals surface area contributed by atoms with E-state index < -0.39 is 95.1 Å². The second-order valence-electron chi connectivity index (χ2n) is 35.6. The standard InChI is InChI=1S/C23H34O6SSi.C19H22O8S.C15H18O6S.C14H26O3Si.C10H12O3.C9H8O3S.CH4O.CH3O.Li.Na.H2O/c1-13-18-19(29-31(28-18,22(2,3)4)23(5,6)7)20-21(26-13)27-15-10-9-14(11-16(15)30-20)12-17(24)25-8;1-9-16(25-10(2)20)17(26-11(3)21)18-19(24-9)27-13-6-5-12(7-14(13)28-18)8-15(22)23-4;1-7-12(17)13(18)14-15(20-7)21-9-4-3-8(5-10(9)22-14)6-11(16)19-2;1-10-12-11(8-9-15-10)16-18(17-12,13(2,3)4)14(5,6)7;1-7-5-8(3-4-9(7)11)6-10(12)13-2;1-12-9(11)5-6-2-3-7(10)8(13)4-6;2*1-2;;;/h9-11,13,18-21H,12H2,1-8H3;5-7,9,16-19H,8H2,1-4H3;3-5,7,12-15,17-18H,6H2,1-2H3;8-12H,1-7H3;3-5,11H,6H2,1-2H3;2-4H,5H2,1H3;2H,1H3;1H3;;;1H2/q;;;;;;;-1;2*+1;/p-1/t;;;10-,11-,12+;;;;;;;/m...0......./s1. The molecular formula is C92H128LiNaO32S4Si2. The van der Waals surface area contributed by atoms with Gasteiger partial charge in [0.25, 0.3) is 0 Å². The number of phenols is 1. The van der Waals surface area contributed by atoms with E-state index >= 15 is 0 Å². The summed E-state index contributed by atoms with van der Waals surface area (Å²) in [4.78, 5) is 93.3. The van der Waals surface area contributed by atoms with Crippen LogP contribution in [0.2, 0.25) is 20.2 Å². The first-order valence-corrected chi connectivity index (χ1v) is 48.7. The van der Waals surface area contributed by atoms with Gasteiger partial charge in [0.15, 0.2) is 18.0 Å². The number of thiocarbonyl (C=S) groups is 1. The van der Waals surface area contributed by atoms with E-state index in [1.54, 1.807) is 87.3 Å². The molecule has 32 nitrogen and oxygen atoms in total. The molecule has 132 heavy (non-hydrogen) atoms. The first-order chi connectivity index (χ1) is 60.5. The maximum atomic E-state index is 11.7. The summed E-state index contributed by atoms with van der Waals surface area (Å²) in [5, 5.41) is 43.6. The topological polar surface area (TPSA) is 437 Å². The first-order valence-electron chi connectivity index (χ1n) is 42.0.